The monoisotopic (exact) mass is 364 g/mol. The van der Waals surface area contributed by atoms with Gasteiger partial charge in [0, 0.05) is 23.7 Å². The number of hydrogen-bond donors (Lipinski definition) is 1. The molecule has 0 saturated carbocycles. The molecule has 5 nitrogen and oxygen atoms in total. The van der Waals surface area contributed by atoms with Crippen LogP contribution in [0.4, 0.5) is 11.6 Å². The lowest BCUT2D eigenvalue weighted by atomic mass is 10.00. The zero-order valence-electron chi connectivity index (χ0n) is 14.0. The highest BCUT2D eigenvalue weighted by molar-refractivity contribution is 6.31. The number of rotatable bonds is 3. The van der Waals surface area contributed by atoms with Crippen molar-refractivity contribution in [3.63, 3.8) is 0 Å². The number of hydrogen-bond acceptors (Lipinski definition) is 4. The molecule has 0 radical (unpaired) electrons. The van der Waals surface area contributed by atoms with Gasteiger partial charge in [-0.15, -0.1) is 10.2 Å². The van der Waals surface area contributed by atoms with Crippen molar-refractivity contribution in [2.45, 2.75) is 13.0 Å². The average Bonchev–Trinajstić information content (AvgIpc) is 2.68. The molecule has 0 bridgehead atoms. The Hall–Kier alpha value is -2.92. The third-order valence-electron chi connectivity index (χ3n) is 4.43. The molecule has 1 aliphatic heterocycles. The van der Waals surface area contributed by atoms with Gasteiger partial charge in [0.1, 0.15) is 0 Å². The van der Waals surface area contributed by atoms with E-state index in [1.165, 1.54) is 11.1 Å². The van der Waals surface area contributed by atoms with Crippen molar-refractivity contribution in [1.29, 1.82) is 0 Å². The van der Waals surface area contributed by atoms with Crippen LogP contribution < -0.4 is 10.2 Å². The Bertz CT molecular complexity index is 943. The van der Waals surface area contributed by atoms with Gasteiger partial charge in [-0.05, 0) is 47.9 Å². The quantitative estimate of drug-likeness (QED) is 0.764. The molecule has 2 heterocycles. The number of fused-ring (bicyclic) bond motifs is 1. The summed E-state index contributed by atoms with van der Waals surface area (Å²) in [5, 5.41) is 11.7. The summed E-state index contributed by atoms with van der Waals surface area (Å²) in [6.45, 7) is 1.72. The molecule has 130 valence electrons. The number of amides is 1. The normalized spacial score (nSPS) is 13.2. The molecule has 0 saturated heterocycles. The van der Waals surface area contributed by atoms with E-state index in [2.05, 4.69) is 44.7 Å². The van der Waals surface area contributed by atoms with Crippen LogP contribution in [0.3, 0.4) is 0 Å². The SMILES string of the molecule is O=C(Nc1ccc(N2CCc3ccccc3C2)nn1)c1cccc(Cl)c1. The summed E-state index contributed by atoms with van der Waals surface area (Å²) < 4.78 is 0. The minimum absolute atomic E-state index is 0.263. The lowest BCUT2D eigenvalue weighted by molar-refractivity contribution is 0.102. The van der Waals surface area contributed by atoms with E-state index < -0.39 is 0 Å². The average molecular weight is 365 g/mol. The fourth-order valence-corrected chi connectivity index (χ4v) is 3.26. The Kier molecular flexibility index (Phi) is 4.54. The highest BCUT2D eigenvalue weighted by atomic mass is 35.5. The Balaban J connectivity index is 1.45. The van der Waals surface area contributed by atoms with Gasteiger partial charge in [-0.1, -0.05) is 41.9 Å². The summed E-state index contributed by atoms with van der Waals surface area (Å²) in [5.41, 5.74) is 3.19. The molecule has 1 N–H and O–H groups in total. The standard InChI is InChI=1S/C20H17ClN4O/c21-17-7-3-6-15(12-17)20(26)22-18-8-9-19(24-23-18)25-11-10-14-4-1-2-5-16(14)13-25/h1-9,12H,10-11,13H2,(H,22,23,26). The van der Waals surface area contributed by atoms with Crippen molar-refractivity contribution >= 4 is 29.1 Å². The molecule has 1 amide bonds. The maximum atomic E-state index is 12.2. The molecule has 4 rings (SSSR count). The number of benzene rings is 2. The first kappa shape index (κ1) is 16.5. The van der Waals surface area contributed by atoms with Crippen LogP contribution in [0, 0.1) is 0 Å². The summed E-state index contributed by atoms with van der Waals surface area (Å²) in [5.74, 6) is 0.956. The second kappa shape index (κ2) is 7.14. The lowest BCUT2D eigenvalue weighted by Gasteiger charge is -2.29. The highest BCUT2D eigenvalue weighted by Gasteiger charge is 2.17. The van der Waals surface area contributed by atoms with Crippen LogP contribution in [-0.4, -0.2) is 22.6 Å². The first-order valence-electron chi connectivity index (χ1n) is 8.41. The summed E-state index contributed by atoms with van der Waals surface area (Å²) in [6, 6.07) is 18.9. The van der Waals surface area contributed by atoms with Gasteiger partial charge in [0.05, 0.1) is 0 Å². The predicted octanol–water partition coefficient (Wildman–Crippen LogP) is 3.95. The molecule has 1 aliphatic rings. The molecule has 0 spiro atoms. The third-order valence-corrected chi connectivity index (χ3v) is 4.67. The van der Waals surface area contributed by atoms with E-state index in [0.29, 0.717) is 16.4 Å². The number of nitrogens with zero attached hydrogens (tertiary/aromatic N) is 3. The van der Waals surface area contributed by atoms with Crippen molar-refractivity contribution in [2.24, 2.45) is 0 Å². The molecule has 1 aromatic heterocycles. The molecular formula is C20H17ClN4O. The first-order valence-corrected chi connectivity index (χ1v) is 8.79. The van der Waals surface area contributed by atoms with Gasteiger partial charge in [-0.2, -0.15) is 0 Å². The largest absolute Gasteiger partial charge is 0.350 e. The minimum atomic E-state index is -0.263. The van der Waals surface area contributed by atoms with Crippen LogP contribution in [0.25, 0.3) is 0 Å². The van der Waals surface area contributed by atoms with Crippen LogP contribution in [0.1, 0.15) is 21.5 Å². The number of anilines is 2. The van der Waals surface area contributed by atoms with Crippen molar-refractivity contribution in [1.82, 2.24) is 10.2 Å². The third kappa shape index (κ3) is 3.53. The zero-order valence-corrected chi connectivity index (χ0v) is 14.8. The number of aromatic nitrogens is 2. The number of halogens is 1. The van der Waals surface area contributed by atoms with Gasteiger partial charge < -0.3 is 10.2 Å². The summed E-state index contributed by atoms with van der Waals surface area (Å²) in [4.78, 5) is 14.4. The number of carbonyl (C=O) groups excluding carboxylic acids is 1. The second-order valence-electron chi connectivity index (χ2n) is 6.18. The molecule has 26 heavy (non-hydrogen) atoms. The molecule has 6 heteroatoms. The maximum absolute atomic E-state index is 12.2. The van der Waals surface area contributed by atoms with Crippen LogP contribution in [-0.2, 0) is 13.0 Å². The number of nitrogens with one attached hydrogen (secondary N) is 1. The van der Waals surface area contributed by atoms with E-state index in [4.69, 9.17) is 11.6 Å². The van der Waals surface area contributed by atoms with E-state index in [9.17, 15) is 4.79 Å². The van der Waals surface area contributed by atoms with Crippen molar-refractivity contribution in [3.8, 4) is 0 Å². The van der Waals surface area contributed by atoms with Gasteiger partial charge in [0.2, 0.25) is 0 Å². The maximum Gasteiger partial charge on any atom is 0.256 e. The Labute approximate surface area is 156 Å². The fourth-order valence-electron chi connectivity index (χ4n) is 3.07. The fraction of sp³-hybridized carbons (Fsp3) is 0.150. The first-order chi connectivity index (χ1) is 12.7. The molecule has 0 unspecified atom stereocenters. The van der Waals surface area contributed by atoms with Gasteiger partial charge in [-0.25, -0.2) is 0 Å². The molecule has 2 aromatic carbocycles. The van der Waals surface area contributed by atoms with Gasteiger partial charge in [-0.3, -0.25) is 4.79 Å². The Morgan fingerprint density at radius 3 is 2.62 bits per heavy atom. The van der Waals surface area contributed by atoms with Crippen LogP contribution in [0.2, 0.25) is 5.02 Å². The zero-order chi connectivity index (χ0) is 17.9. The topological polar surface area (TPSA) is 58.1 Å². The van der Waals surface area contributed by atoms with Crippen LogP contribution >= 0.6 is 11.6 Å². The number of carbonyl (C=O) groups is 1. The van der Waals surface area contributed by atoms with Crippen molar-refractivity contribution in [2.75, 3.05) is 16.8 Å². The second-order valence-corrected chi connectivity index (χ2v) is 6.62. The van der Waals surface area contributed by atoms with Gasteiger partial charge in [0.15, 0.2) is 11.6 Å². The summed E-state index contributed by atoms with van der Waals surface area (Å²) >= 11 is 5.92. The smallest absolute Gasteiger partial charge is 0.256 e. The lowest BCUT2D eigenvalue weighted by Crippen LogP contribution is -2.31. The Morgan fingerprint density at radius 2 is 1.85 bits per heavy atom. The Morgan fingerprint density at radius 1 is 1.00 bits per heavy atom. The van der Waals surface area contributed by atoms with E-state index in [1.54, 1.807) is 30.3 Å². The van der Waals surface area contributed by atoms with Crippen molar-refractivity contribution in [3.05, 3.63) is 82.4 Å². The molecule has 0 atom stereocenters. The van der Waals surface area contributed by atoms with E-state index >= 15 is 0 Å². The predicted molar refractivity (Wildman–Crippen MR) is 103 cm³/mol. The molecule has 0 fully saturated rings. The van der Waals surface area contributed by atoms with E-state index in [0.717, 1.165) is 25.3 Å². The van der Waals surface area contributed by atoms with E-state index in [-0.39, 0.29) is 5.91 Å². The molecule has 0 aliphatic carbocycles. The summed E-state index contributed by atoms with van der Waals surface area (Å²) in [6.07, 6.45) is 0.991. The highest BCUT2D eigenvalue weighted by Crippen LogP contribution is 2.23. The summed E-state index contributed by atoms with van der Waals surface area (Å²) in [7, 11) is 0. The molecular weight excluding hydrogens is 348 g/mol. The van der Waals surface area contributed by atoms with Crippen LogP contribution in [0.15, 0.2) is 60.7 Å². The van der Waals surface area contributed by atoms with Gasteiger partial charge >= 0.3 is 0 Å². The van der Waals surface area contributed by atoms with E-state index in [1.807, 2.05) is 6.07 Å². The van der Waals surface area contributed by atoms with Crippen molar-refractivity contribution < 1.29 is 4.79 Å². The van der Waals surface area contributed by atoms with Gasteiger partial charge in [0.25, 0.3) is 5.91 Å². The minimum Gasteiger partial charge on any atom is -0.350 e. The molecule has 3 aromatic rings. The van der Waals surface area contributed by atoms with Crippen LogP contribution in [0.5, 0.6) is 0 Å².